The smallest absolute Gasteiger partial charge is 0.124 e. The molecule has 0 fully saturated rings. The van der Waals surface area contributed by atoms with Gasteiger partial charge in [0.15, 0.2) is 0 Å². The largest absolute Gasteiger partial charge is 0.494 e. The van der Waals surface area contributed by atoms with Gasteiger partial charge in [-0.3, -0.25) is 0 Å². The number of hydrogen-bond acceptors (Lipinski definition) is 2. The minimum Gasteiger partial charge on any atom is -0.494 e. The molecule has 2 nitrogen and oxygen atoms in total. The Morgan fingerprint density at radius 2 is 1.79 bits per heavy atom. The lowest BCUT2D eigenvalue weighted by molar-refractivity contribution is 0.334. The molecule has 0 saturated carbocycles. The van der Waals surface area contributed by atoms with E-state index in [1.165, 1.54) is 9.13 Å². The zero-order valence-corrected chi connectivity index (χ0v) is 13.1. The molecule has 0 radical (unpaired) electrons. The molecule has 1 atom stereocenters. The summed E-state index contributed by atoms with van der Waals surface area (Å²) in [6.07, 6.45) is 0.820. The van der Waals surface area contributed by atoms with Gasteiger partial charge in [0.05, 0.1) is 6.61 Å². The Morgan fingerprint density at radius 3 is 2.47 bits per heavy atom. The number of rotatable bonds is 5. The molecule has 0 bridgehead atoms. The molecule has 1 unspecified atom stereocenters. The van der Waals surface area contributed by atoms with Crippen molar-refractivity contribution in [2.24, 2.45) is 5.73 Å². The summed E-state index contributed by atoms with van der Waals surface area (Å²) in [5.74, 6) is 0.892. The van der Waals surface area contributed by atoms with Gasteiger partial charge in [-0.2, -0.15) is 0 Å². The van der Waals surface area contributed by atoms with Crippen molar-refractivity contribution in [3.8, 4) is 5.75 Å². The van der Waals surface area contributed by atoms with E-state index < -0.39 is 0 Å². The predicted octanol–water partition coefficient (Wildman–Crippen LogP) is 3.93. The van der Waals surface area contributed by atoms with Gasteiger partial charge in [0.1, 0.15) is 5.75 Å². The van der Waals surface area contributed by atoms with E-state index in [4.69, 9.17) is 10.5 Å². The van der Waals surface area contributed by atoms with Crippen LogP contribution in [0.1, 0.15) is 24.1 Å². The van der Waals surface area contributed by atoms with Crippen LogP contribution in [0.25, 0.3) is 0 Å². The summed E-state index contributed by atoms with van der Waals surface area (Å²) in [6.45, 7) is 2.65. The molecule has 0 amide bonds. The van der Waals surface area contributed by atoms with Crippen LogP contribution in [0.3, 0.4) is 0 Å². The SMILES string of the molecule is CCOc1ccccc1C(N)Cc1ccc(I)cc1. The number of ether oxygens (including phenoxy) is 1. The van der Waals surface area contributed by atoms with Crippen LogP contribution >= 0.6 is 22.6 Å². The Balaban J connectivity index is 2.15. The van der Waals surface area contributed by atoms with Crippen molar-refractivity contribution >= 4 is 22.6 Å². The Kier molecular flexibility index (Phi) is 5.22. The summed E-state index contributed by atoms with van der Waals surface area (Å²) >= 11 is 2.31. The van der Waals surface area contributed by atoms with Crippen LogP contribution in [0.4, 0.5) is 0 Å². The van der Waals surface area contributed by atoms with Gasteiger partial charge in [0.2, 0.25) is 0 Å². The van der Waals surface area contributed by atoms with Gasteiger partial charge in [-0.05, 0) is 59.7 Å². The summed E-state index contributed by atoms with van der Waals surface area (Å²) in [5.41, 5.74) is 8.64. The Labute approximate surface area is 128 Å². The second kappa shape index (κ2) is 6.91. The third-order valence-corrected chi connectivity index (χ3v) is 3.71. The van der Waals surface area contributed by atoms with Crippen molar-refractivity contribution in [1.82, 2.24) is 0 Å². The molecule has 19 heavy (non-hydrogen) atoms. The summed E-state index contributed by atoms with van der Waals surface area (Å²) in [7, 11) is 0. The zero-order chi connectivity index (χ0) is 13.7. The molecule has 2 aromatic carbocycles. The van der Waals surface area contributed by atoms with E-state index in [1.54, 1.807) is 0 Å². The van der Waals surface area contributed by atoms with Gasteiger partial charge in [-0.1, -0.05) is 30.3 Å². The summed E-state index contributed by atoms with van der Waals surface area (Å²) in [5, 5.41) is 0. The zero-order valence-electron chi connectivity index (χ0n) is 11.0. The molecular formula is C16H18INO. The van der Waals surface area contributed by atoms with Gasteiger partial charge < -0.3 is 10.5 Å². The highest BCUT2D eigenvalue weighted by atomic mass is 127. The highest BCUT2D eigenvalue weighted by molar-refractivity contribution is 14.1. The normalized spacial score (nSPS) is 12.2. The first kappa shape index (κ1) is 14.3. The lowest BCUT2D eigenvalue weighted by Gasteiger charge is -2.16. The number of nitrogens with two attached hydrogens (primary N) is 1. The third-order valence-electron chi connectivity index (χ3n) is 2.99. The fraction of sp³-hybridized carbons (Fsp3) is 0.250. The minimum absolute atomic E-state index is 0.0391. The topological polar surface area (TPSA) is 35.2 Å². The third kappa shape index (κ3) is 3.94. The molecule has 0 saturated heterocycles. The van der Waals surface area contributed by atoms with Crippen molar-refractivity contribution in [2.75, 3.05) is 6.61 Å². The van der Waals surface area contributed by atoms with Gasteiger partial charge in [-0.25, -0.2) is 0 Å². The van der Waals surface area contributed by atoms with E-state index in [-0.39, 0.29) is 6.04 Å². The Bertz CT molecular complexity index is 525. The summed E-state index contributed by atoms with van der Waals surface area (Å²) < 4.78 is 6.87. The Hall–Kier alpha value is -1.07. The van der Waals surface area contributed by atoms with Crippen LogP contribution in [0, 0.1) is 3.57 Å². The quantitative estimate of drug-likeness (QED) is 0.813. The van der Waals surface area contributed by atoms with E-state index in [9.17, 15) is 0 Å². The van der Waals surface area contributed by atoms with E-state index in [0.29, 0.717) is 6.61 Å². The van der Waals surface area contributed by atoms with Gasteiger partial charge >= 0.3 is 0 Å². The summed E-state index contributed by atoms with van der Waals surface area (Å²) in [4.78, 5) is 0. The first-order chi connectivity index (χ1) is 9.20. The summed E-state index contributed by atoms with van der Waals surface area (Å²) in [6, 6.07) is 16.4. The molecule has 0 aliphatic rings. The molecule has 0 aromatic heterocycles. The monoisotopic (exact) mass is 367 g/mol. The predicted molar refractivity (Wildman–Crippen MR) is 87.4 cm³/mol. The van der Waals surface area contributed by atoms with Crippen LogP contribution in [0.2, 0.25) is 0 Å². The first-order valence-corrected chi connectivity index (χ1v) is 7.50. The molecule has 0 aliphatic carbocycles. The second-order valence-corrected chi connectivity index (χ2v) is 5.65. The maximum atomic E-state index is 6.31. The van der Waals surface area contributed by atoms with Gasteiger partial charge in [0, 0.05) is 15.2 Å². The number of halogens is 1. The van der Waals surface area contributed by atoms with Crippen LogP contribution in [-0.4, -0.2) is 6.61 Å². The Morgan fingerprint density at radius 1 is 1.11 bits per heavy atom. The molecule has 0 aliphatic heterocycles. The van der Waals surface area contributed by atoms with Crippen molar-refractivity contribution in [2.45, 2.75) is 19.4 Å². The fourth-order valence-corrected chi connectivity index (χ4v) is 2.42. The van der Waals surface area contributed by atoms with E-state index in [2.05, 4.69) is 46.9 Å². The van der Waals surface area contributed by atoms with E-state index in [0.717, 1.165) is 17.7 Å². The van der Waals surface area contributed by atoms with Crippen molar-refractivity contribution < 1.29 is 4.74 Å². The average molecular weight is 367 g/mol. The highest BCUT2D eigenvalue weighted by Crippen LogP contribution is 2.26. The van der Waals surface area contributed by atoms with Crippen LogP contribution in [0.15, 0.2) is 48.5 Å². The maximum absolute atomic E-state index is 6.31. The molecule has 100 valence electrons. The number of para-hydroxylation sites is 1. The van der Waals surface area contributed by atoms with Crippen LogP contribution in [0.5, 0.6) is 5.75 Å². The molecule has 0 spiro atoms. The highest BCUT2D eigenvalue weighted by Gasteiger charge is 2.12. The van der Waals surface area contributed by atoms with Gasteiger partial charge in [0.25, 0.3) is 0 Å². The molecule has 2 aromatic rings. The first-order valence-electron chi connectivity index (χ1n) is 6.42. The van der Waals surface area contributed by atoms with Gasteiger partial charge in [-0.15, -0.1) is 0 Å². The van der Waals surface area contributed by atoms with Crippen molar-refractivity contribution in [1.29, 1.82) is 0 Å². The number of benzene rings is 2. The fourth-order valence-electron chi connectivity index (χ4n) is 2.06. The molecule has 3 heteroatoms. The number of hydrogen-bond donors (Lipinski definition) is 1. The molecular weight excluding hydrogens is 349 g/mol. The average Bonchev–Trinajstić information content (AvgIpc) is 2.42. The molecule has 2 rings (SSSR count). The minimum atomic E-state index is -0.0391. The van der Waals surface area contributed by atoms with Crippen LogP contribution in [-0.2, 0) is 6.42 Å². The second-order valence-electron chi connectivity index (χ2n) is 4.41. The van der Waals surface area contributed by atoms with Crippen molar-refractivity contribution in [3.63, 3.8) is 0 Å². The lowest BCUT2D eigenvalue weighted by atomic mass is 9.99. The maximum Gasteiger partial charge on any atom is 0.124 e. The molecule has 2 N–H and O–H groups in total. The lowest BCUT2D eigenvalue weighted by Crippen LogP contribution is -2.14. The van der Waals surface area contributed by atoms with Crippen molar-refractivity contribution in [3.05, 3.63) is 63.2 Å². The van der Waals surface area contributed by atoms with E-state index in [1.807, 2.05) is 31.2 Å². The van der Waals surface area contributed by atoms with E-state index >= 15 is 0 Å². The molecule has 0 heterocycles. The standard InChI is InChI=1S/C16H18INO/c1-2-19-16-6-4-3-5-14(16)15(18)11-12-7-9-13(17)10-8-12/h3-10,15H,2,11,18H2,1H3. The van der Waals surface area contributed by atoms with Crippen LogP contribution < -0.4 is 10.5 Å².